The van der Waals surface area contributed by atoms with Crippen molar-refractivity contribution < 1.29 is 14.3 Å². The number of methoxy groups -OCH3 is 1. The van der Waals surface area contributed by atoms with Gasteiger partial charge >= 0.3 is 0 Å². The predicted molar refractivity (Wildman–Crippen MR) is 100 cm³/mol. The van der Waals surface area contributed by atoms with Gasteiger partial charge in [0.05, 0.1) is 7.11 Å². The largest absolute Gasteiger partial charge is 0.497 e. The third-order valence-electron chi connectivity index (χ3n) is 5.72. The van der Waals surface area contributed by atoms with Crippen molar-refractivity contribution in [3.8, 4) is 11.5 Å². The molecule has 0 saturated heterocycles. The maximum absolute atomic E-state index is 12.0. The molecule has 4 nitrogen and oxygen atoms in total. The Labute approximate surface area is 154 Å². The van der Waals surface area contributed by atoms with E-state index in [0.29, 0.717) is 0 Å². The topological polar surface area (TPSA) is 47.6 Å². The minimum Gasteiger partial charge on any atom is -0.497 e. The molecule has 1 aliphatic heterocycles. The summed E-state index contributed by atoms with van der Waals surface area (Å²) in [5, 5.41) is 3.17. The van der Waals surface area contributed by atoms with Gasteiger partial charge in [0, 0.05) is 30.7 Å². The van der Waals surface area contributed by atoms with Gasteiger partial charge in [-0.1, -0.05) is 36.8 Å². The molecule has 1 fully saturated rings. The molecule has 1 N–H and O–H groups in total. The van der Waals surface area contributed by atoms with E-state index in [4.69, 9.17) is 9.47 Å². The zero-order valence-corrected chi connectivity index (χ0v) is 15.3. The average Bonchev–Trinajstić information content (AvgIpc) is 2.65. The zero-order valence-electron chi connectivity index (χ0n) is 15.3. The zero-order chi connectivity index (χ0) is 18.1. The maximum Gasteiger partial charge on any atom is 0.219 e. The highest BCUT2D eigenvalue weighted by Crippen LogP contribution is 2.52. The smallest absolute Gasteiger partial charge is 0.219 e. The summed E-state index contributed by atoms with van der Waals surface area (Å²) >= 11 is 0. The fourth-order valence-electron chi connectivity index (χ4n) is 4.68. The van der Waals surface area contributed by atoms with Crippen LogP contribution in [-0.4, -0.2) is 18.7 Å². The van der Waals surface area contributed by atoms with E-state index in [-0.39, 0.29) is 17.7 Å². The molecular formula is C22H25NO3. The van der Waals surface area contributed by atoms with Crippen LogP contribution < -0.4 is 14.8 Å². The third kappa shape index (κ3) is 2.83. The Morgan fingerprint density at radius 1 is 1.15 bits per heavy atom. The lowest BCUT2D eigenvalue weighted by Gasteiger charge is -2.51. The lowest BCUT2D eigenvalue weighted by molar-refractivity contribution is -0.133. The molecule has 26 heavy (non-hydrogen) atoms. The van der Waals surface area contributed by atoms with E-state index in [0.717, 1.165) is 37.2 Å². The van der Waals surface area contributed by atoms with Crippen LogP contribution in [-0.2, 0) is 4.79 Å². The van der Waals surface area contributed by atoms with Crippen LogP contribution in [0.4, 0.5) is 0 Å². The van der Waals surface area contributed by atoms with E-state index >= 15 is 0 Å². The van der Waals surface area contributed by atoms with Gasteiger partial charge in [0.25, 0.3) is 0 Å². The summed E-state index contributed by atoms with van der Waals surface area (Å²) < 4.78 is 11.8. The van der Waals surface area contributed by atoms with Crippen LogP contribution in [0.15, 0.2) is 48.5 Å². The second-order valence-corrected chi connectivity index (χ2v) is 7.31. The molecule has 0 spiro atoms. The minimum atomic E-state index is -0.622. The van der Waals surface area contributed by atoms with Crippen LogP contribution in [0.1, 0.15) is 49.7 Å². The molecular weight excluding hydrogens is 326 g/mol. The number of para-hydroxylation sites is 1. The minimum absolute atomic E-state index is 0.0373. The monoisotopic (exact) mass is 351 g/mol. The van der Waals surface area contributed by atoms with Gasteiger partial charge in [0.2, 0.25) is 5.91 Å². The number of fused-ring (bicyclic) bond motifs is 2. The van der Waals surface area contributed by atoms with Gasteiger partial charge in [-0.2, -0.15) is 0 Å². The second kappa shape index (κ2) is 6.67. The normalized spacial score (nSPS) is 26.8. The molecule has 136 valence electrons. The first kappa shape index (κ1) is 17.0. The standard InChI is InChI=1S/C22H25NO3/c1-15(24)23-22-14-6-5-8-19(22)21(16-10-12-17(25-2)13-11-16)18-7-3-4-9-20(18)26-22/h3-4,7,9-13,19,21H,5-6,8,14H2,1-2H3,(H,23,24)/t19-,21+,22-/m0/s1. The molecule has 2 aromatic carbocycles. The van der Waals surface area contributed by atoms with Crippen molar-refractivity contribution in [1.29, 1.82) is 0 Å². The number of hydrogen-bond acceptors (Lipinski definition) is 3. The Bertz CT molecular complexity index is 801. The summed E-state index contributed by atoms with van der Waals surface area (Å²) in [4.78, 5) is 12.0. The number of hydrogen-bond donors (Lipinski definition) is 1. The number of rotatable bonds is 3. The Morgan fingerprint density at radius 3 is 2.65 bits per heavy atom. The fourth-order valence-corrected chi connectivity index (χ4v) is 4.68. The SMILES string of the molecule is COc1ccc([C@@H]2c3ccccc3O[C@@]3(NC(C)=O)CCCC[C@@H]23)cc1. The maximum atomic E-state index is 12.0. The highest BCUT2D eigenvalue weighted by Gasteiger charge is 2.51. The van der Waals surface area contributed by atoms with Crippen molar-refractivity contribution in [2.24, 2.45) is 5.92 Å². The molecule has 1 saturated carbocycles. The number of ether oxygens (including phenoxy) is 2. The number of carbonyl (C=O) groups excluding carboxylic acids is 1. The molecule has 1 amide bonds. The van der Waals surface area contributed by atoms with Crippen LogP contribution in [0, 0.1) is 5.92 Å². The summed E-state index contributed by atoms with van der Waals surface area (Å²) in [6.45, 7) is 1.58. The van der Waals surface area contributed by atoms with Crippen molar-refractivity contribution in [3.63, 3.8) is 0 Å². The van der Waals surface area contributed by atoms with Crippen LogP contribution >= 0.6 is 0 Å². The van der Waals surface area contributed by atoms with Gasteiger partial charge in [0.15, 0.2) is 5.72 Å². The molecule has 2 aromatic rings. The first-order chi connectivity index (χ1) is 12.6. The van der Waals surface area contributed by atoms with Crippen molar-refractivity contribution in [2.75, 3.05) is 7.11 Å². The van der Waals surface area contributed by atoms with Gasteiger partial charge in [-0.15, -0.1) is 0 Å². The number of nitrogens with one attached hydrogen (secondary N) is 1. The van der Waals surface area contributed by atoms with Gasteiger partial charge < -0.3 is 14.8 Å². The van der Waals surface area contributed by atoms with Crippen LogP contribution in [0.2, 0.25) is 0 Å². The van der Waals surface area contributed by atoms with Crippen molar-refractivity contribution in [1.82, 2.24) is 5.32 Å². The summed E-state index contributed by atoms with van der Waals surface area (Å²) in [5.41, 5.74) is 1.82. The van der Waals surface area contributed by atoms with E-state index in [1.54, 1.807) is 14.0 Å². The number of carbonyl (C=O) groups is 1. The lowest BCUT2D eigenvalue weighted by Crippen LogP contribution is -2.62. The second-order valence-electron chi connectivity index (χ2n) is 7.31. The van der Waals surface area contributed by atoms with E-state index < -0.39 is 5.72 Å². The van der Waals surface area contributed by atoms with Crippen LogP contribution in [0.25, 0.3) is 0 Å². The van der Waals surface area contributed by atoms with Gasteiger partial charge in [-0.3, -0.25) is 4.79 Å². The highest BCUT2D eigenvalue weighted by molar-refractivity contribution is 5.74. The summed E-state index contributed by atoms with van der Waals surface area (Å²) in [6.07, 6.45) is 4.10. The molecule has 1 heterocycles. The van der Waals surface area contributed by atoms with Crippen molar-refractivity contribution in [2.45, 2.75) is 44.2 Å². The quantitative estimate of drug-likeness (QED) is 0.900. The molecule has 0 unspecified atom stereocenters. The number of benzene rings is 2. The third-order valence-corrected chi connectivity index (χ3v) is 5.72. The lowest BCUT2D eigenvalue weighted by atomic mass is 9.67. The van der Waals surface area contributed by atoms with Gasteiger partial charge in [0.1, 0.15) is 11.5 Å². The Morgan fingerprint density at radius 2 is 1.92 bits per heavy atom. The fraction of sp³-hybridized carbons (Fsp3) is 0.409. The van der Waals surface area contributed by atoms with E-state index in [1.165, 1.54) is 11.1 Å². The van der Waals surface area contributed by atoms with E-state index in [1.807, 2.05) is 24.3 Å². The Balaban J connectivity index is 1.84. The van der Waals surface area contributed by atoms with E-state index in [2.05, 4.69) is 29.6 Å². The Kier molecular flexibility index (Phi) is 4.35. The number of amides is 1. The molecule has 4 rings (SSSR count). The summed E-state index contributed by atoms with van der Waals surface area (Å²) in [7, 11) is 1.68. The van der Waals surface area contributed by atoms with E-state index in [9.17, 15) is 4.79 Å². The first-order valence-corrected chi connectivity index (χ1v) is 9.33. The molecule has 3 atom stereocenters. The molecule has 4 heteroatoms. The first-order valence-electron chi connectivity index (χ1n) is 9.33. The molecule has 2 aliphatic rings. The summed E-state index contributed by atoms with van der Waals surface area (Å²) in [6, 6.07) is 16.5. The van der Waals surface area contributed by atoms with Crippen molar-refractivity contribution in [3.05, 3.63) is 59.7 Å². The average molecular weight is 351 g/mol. The molecule has 0 bridgehead atoms. The van der Waals surface area contributed by atoms with Gasteiger partial charge in [-0.05, 0) is 36.6 Å². The molecule has 0 radical (unpaired) electrons. The van der Waals surface area contributed by atoms with Crippen LogP contribution in [0.5, 0.6) is 11.5 Å². The Hall–Kier alpha value is -2.49. The van der Waals surface area contributed by atoms with Crippen LogP contribution in [0.3, 0.4) is 0 Å². The van der Waals surface area contributed by atoms with Gasteiger partial charge in [-0.25, -0.2) is 0 Å². The molecule has 0 aromatic heterocycles. The highest BCUT2D eigenvalue weighted by atomic mass is 16.5. The summed E-state index contributed by atoms with van der Waals surface area (Å²) in [5.74, 6) is 2.09. The van der Waals surface area contributed by atoms with Crippen molar-refractivity contribution >= 4 is 5.91 Å². The predicted octanol–water partition coefficient (Wildman–Crippen LogP) is 4.24. The molecule has 1 aliphatic carbocycles.